The van der Waals surface area contributed by atoms with Gasteiger partial charge in [-0.15, -0.1) is 11.3 Å². The van der Waals surface area contributed by atoms with Crippen LogP contribution in [0.4, 0.5) is 18.3 Å². The lowest BCUT2D eigenvalue weighted by Crippen LogP contribution is -2.31. The number of alkyl halides is 3. The van der Waals surface area contributed by atoms with Crippen molar-refractivity contribution in [1.82, 2.24) is 9.88 Å². The summed E-state index contributed by atoms with van der Waals surface area (Å²) in [5.74, 6) is 0.580. The number of nitrogens with one attached hydrogen (secondary N) is 1. The zero-order valence-electron chi connectivity index (χ0n) is 22.0. The van der Waals surface area contributed by atoms with Crippen molar-refractivity contribution in [2.45, 2.75) is 19.0 Å². The Hall–Kier alpha value is -3.62. The van der Waals surface area contributed by atoms with Crippen molar-refractivity contribution in [3.05, 3.63) is 69.1 Å². The number of hydrogen-bond donors (Lipinski definition) is 1. The van der Waals surface area contributed by atoms with E-state index < -0.39 is 11.7 Å². The molecule has 0 unspecified atom stereocenters. The fourth-order valence-corrected chi connectivity index (χ4v) is 6.10. The molecule has 2 aromatic carbocycles. The molecule has 0 atom stereocenters. The van der Waals surface area contributed by atoms with Gasteiger partial charge in [-0.25, -0.2) is 4.98 Å². The summed E-state index contributed by atoms with van der Waals surface area (Å²) < 4.78 is 55.3. The molecule has 41 heavy (non-hydrogen) atoms. The van der Waals surface area contributed by atoms with Crippen molar-refractivity contribution in [3.63, 3.8) is 0 Å². The van der Waals surface area contributed by atoms with E-state index in [9.17, 15) is 22.8 Å². The number of thioether (sulfide) groups is 1. The zero-order valence-corrected chi connectivity index (χ0v) is 24.5. The predicted molar refractivity (Wildman–Crippen MR) is 156 cm³/mol. The third-order valence-corrected chi connectivity index (χ3v) is 8.14. The van der Waals surface area contributed by atoms with Gasteiger partial charge in [0.05, 0.1) is 31.8 Å². The van der Waals surface area contributed by atoms with E-state index in [-0.39, 0.29) is 31.2 Å². The van der Waals surface area contributed by atoms with Crippen LogP contribution >= 0.6 is 35.3 Å². The van der Waals surface area contributed by atoms with Crippen LogP contribution in [0, 0.1) is 0 Å². The average Bonchev–Trinajstić information content (AvgIpc) is 3.48. The molecule has 3 aromatic rings. The number of thiazole rings is 1. The first kappa shape index (κ1) is 30.3. The summed E-state index contributed by atoms with van der Waals surface area (Å²) in [4.78, 5) is 32.2. The van der Waals surface area contributed by atoms with Crippen molar-refractivity contribution >= 4 is 62.7 Å². The second kappa shape index (κ2) is 12.9. The Labute approximate surface area is 247 Å². The van der Waals surface area contributed by atoms with Gasteiger partial charge in [-0.2, -0.15) is 13.2 Å². The summed E-state index contributed by atoms with van der Waals surface area (Å²) >= 11 is 7.66. The number of halogens is 3. The molecule has 216 valence electrons. The molecule has 0 radical (unpaired) electrons. The molecule has 0 aliphatic carbocycles. The first-order chi connectivity index (χ1) is 19.5. The molecule has 0 saturated carbocycles. The van der Waals surface area contributed by atoms with Crippen LogP contribution in [0.15, 0.2) is 47.5 Å². The monoisotopic (exact) mass is 623 g/mol. The Bertz CT molecular complexity index is 1480. The lowest BCUT2D eigenvalue weighted by Gasteiger charge is -2.14. The summed E-state index contributed by atoms with van der Waals surface area (Å²) in [5, 5.41) is 2.98. The molecule has 1 aliphatic rings. The van der Waals surface area contributed by atoms with E-state index in [1.54, 1.807) is 24.3 Å². The molecule has 1 fully saturated rings. The van der Waals surface area contributed by atoms with E-state index >= 15 is 0 Å². The number of amides is 2. The van der Waals surface area contributed by atoms with Crippen LogP contribution in [0.1, 0.15) is 28.0 Å². The highest BCUT2D eigenvalue weighted by Gasteiger charge is 2.33. The van der Waals surface area contributed by atoms with Crippen LogP contribution < -0.4 is 19.5 Å². The molecule has 1 N–H and O–H groups in total. The van der Waals surface area contributed by atoms with Gasteiger partial charge >= 0.3 is 6.18 Å². The minimum absolute atomic E-state index is 0.0353. The third kappa shape index (κ3) is 7.37. The molecule has 14 heteroatoms. The third-order valence-electron chi connectivity index (χ3n) is 5.85. The van der Waals surface area contributed by atoms with Gasteiger partial charge in [0.1, 0.15) is 4.32 Å². The normalized spacial score (nSPS) is 14.5. The second-order valence-electron chi connectivity index (χ2n) is 8.60. The maximum absolute atomic E-state index is 13.0. The highest BCUT2D eigenvalue weighted by atomic mass is 32.2. The maximum Gasteiger partial charge on any atom is 0.416 e. The van der Waals surface area contributed by atoms with Crippen LogP contribution in [0.3, 0.4) is 0 Å². The minimum Gasteiger partial charge on any atom is -0.493 e. The summed E-state index contributed by atoms with van der Waals surface area (Å²) in [6, 6.07) is 8.48. The second-order valence-corrected chi connectivity index (χ2v) is 11.4. The fourth-order valence-electron chi connectivity index (χ4n) is 3.93. The van der Waals surface area contributed by atoms with E-state index in [1.165, 1.54) is 49.8 Å². The smallest absolute Gasteiger partial charge is 0.416 e. The molecule has 2 amide bonds. The Morgan fingerprint density at radius 1 is 1.12 bits per heavy atom. The zero-order chi connectivity index (χ0) is 29.7. The van der Waals surface area contributed by atoms with E-state index in [4.69, 9.17) is 26.4 Å². The standard InChI is InChI=1S/C27H24F3N3O5S3/c1-36-19-11-16(12-20(37-2)23(19)38-3)13-21-24(35)33(26(39)41-21)8-7-22(34)32-25-31-14-18(40-25)10-15-5-4-6-17(9-15)27(28,29)30/h4-6,9,11-14H,7-8,10H2,1-3H3,(H,31,32,34). The average molecular weight is 624 g/mol. The lowest BCUT2D eigenvalue weighted by molar-refractivity contribution is -0.137. The quantitative estimate of drug-likeness (QED) is 0.217. The number of aromatic nitrogens is 1. The molecule has 1 aromatic heterocycles. The molecule has 4 rings (SSSR count). The summed E-state index contributed by atoms with van der Waals surface area (Å²) in [6.07, 6.45) is -1.05. The van der Waals surface area contributed by atoms with Gasteiger partial charge < -0.3 is 19.5 Å². The Morgan fingerprint density at radius 2 is 1.83 bits per heavy atom. The number of thiocarbonyl (C=S) groups is 1. The first-order valence-electron chi connectivity index (χ1n) is 12.0. The van der Waals surface area contributed by atoms with E-state index in [1.807, 2.05) is 0 Å². The highest BCUT2D eigenvalue weighted by Crippen LogP contribution is 2.40. The van der Waals surface area contributed by atoms with Crippen molar-refractivity contribution in [2.75, 3.05) is 33.2 Å². The summed E-state index contributed by atoms with van der Waals surface area (Å²) in [7, 11) is 4.48. The minimum atomic E-state index is -4.42. The van der Waals surface area contributed by atoms with Gasteiger partial charge in [-0.3, -0.25) is 14.5 Å². The number of anilines is 1. The Morgan fingerprint density at radius 3 is 2.46 bits per heavy atom. The summed E-state index contributed by atoms with van der Waals surface area (Å²) in [5.41, 5.74) is 0.403. The van der Waals surface area contributed by atoms with Crippen molar-refractivity contribution in [3.8, 4) is 17.2 Å². The number of rotatable bonds is 10. The number of nitrogens with zero attached hydrogens (tertiary/aromatic N) is 2. The van der Waals surface area contributed by atoms with Crippen LogP contribution in [0.25, 0.3) is 6.08 Å². The van der Waals surface area contributed by atoms with Gasteiger partial charge in [-0.05, 0) is 35.4 Å². The maximum atomic E-state index is 13.0. The molecule has 1 saturated heterocycles. The van der Waals surface area contributed by atoms with E-state index in [2.05, 4.69) is 10.3 Å². The number of benzene rings is 2. The Balaban J connectivity index is 1.35. The van der Waals surface area contributed by atoms with E-state index in [0.717, 1.165) is 23.9 Å². The highest BCUT2D eigenvalue weighted by molar-refractivity contribution is 8.26. The SMILES string of the molecule is COc1cc(C=C2SC(=S)N(CCC(=O)Nc3ncc(Cc4cccc(C(F)(F)F)c4)s3)C2=O)cc(OC)c1OC. The van der Waals surface area contributed by atoms with Gasteiger partial charge in [0, 0.05) is 30.5 Å². The van der Waals surface area contributed by atoms with E-state index in [0.29, 0.717) is 47.6 Å². The van der Waals surface area contributed by atoms with Gasteiger partial charge in [0.2, 0.25) is 11.7 Å². The largest absolute Gasteiger partial charge is 0.493 e. The molecule has 0 bridgehead atoms. The van der Waals surface area contributed by atoms with Gasteiger partial charge in [-0.1, -0.05) is 42.2 Å². The number of ether oxygens (including phenoxy) is 3. The molecular weight excluding hydrogens is 600 g/mol. The molecule has 2 heterocycles. The number of carbonyl (C=O) groups excluding carboxylic acids is 2. The fraction of sp³-hybridized carbons (Fsp3) is 0.259. The van der Waals surface area contributed by atoms with Crippen LogP contribution in [-0.2, 0) is 22.2 Å². The van der Waals surface area contributed by atoms with Crippen molar-refractivity contribution in [1.29, 1.82) is 0 Å². The number of carbonyl (C=O) groups is 2. The van der Waals surface area contributed by atoms with Gasteiger partial charge in [0.25, 0.3) is 5.91 Å². The first-order valence-corrected chi connectivity index (χ1v) is 14.0. The Kier molecular flexibility index (Phi) is 9.56. The van der Waals surface area contributed by atoms with Crippen LogP contribution in [-0.4, -0.2) is 53.9 Å². The predicted octanol–water partition coefficient (Wildman–Crippen LogP) is 6.01. The summed E-state index contributed by atoms with van der Waals surface area (Å²) in [6.45, 7) is 0.0611. The van der Waals surface area contributed by atoms with Crippen LogP contribution in [0.5, 0.6) is 17.2 Å². The van der Waals surface area contributed by atoms with Gasteiger partial charge in [0.15, 0.2) is 16.6 Å². The molecule has 1 aliphatic heterocycles. The van der Waals surface area contributed by atoms with Crippen molar-refractivity contribution < 1.29 is 37.0 Å². The topological polar surface area (TPSA) is 90.0 Å². The van der Waals surface area contributed by atoms with Crippen LogP contribution in [0.2, 0.25) is 0 Å². The van der Waals surface area contributed by atoms with Crippen molar-refractivity contribution in [2.24, 2.45) is 0 Å². The number of methoxy groups -OCH3 is 3. The number of hydrogen-bond acceptors (Lipinski definition) is 9. The molecule has 8 nitrogen and oxygen atoms in total. The molecular formula is C27H24F3N3O5S3. The molecule has 0 spiro atoms. The lowest BCUT2D eigenvalue weighted by atomic mass is 10.1.